The van der Waals surface area contributed by atoms with Gasteiger partial charge in [0.1, 0.15) is 5.75 Å². The van der Waals surface area contributed by atoms with Gasteiger partial charge in [-0.1, -0.05) is 59.8 Å². The van der Waals surface area contributed by atoms with Gasteiger partial charge in [-0.2, -0.15) is 4.98 Å². The zero-order valence-electron chi connectivity index (χ0n) is 15.8. The van der Waals surface area contributed by atoms with Crippen LogP contribution in [0.2, 0.25) is 0 Å². The lowest BCUT2D eigenvalue weighted by Gasteiger charge is -2.10. The summed E-state index contributed by atoms with van der Waals surface area (Å²) >= 11 is 0. The monoisotopic (exact) mass is 385 g/mol. The number of nitrogens with one attached hydrogen (secondary N) is 1. The topological polar surface area (TPSA) is 77.2 Å². The lowest BCUT2D eigenvalue weighted by atomic mass is 10.1. The van der Waals surface area contributed by atoms with Gasteiger partial charge in [0.2, 0.25) is 5.82 Å². The summed E-state index contributed by atoms with van der Waals surface area (Å²) in [7, 11) is 0. The molecule has 1 N–H and O–H groups in total. The highest BCUT2D eigenvalue weighted by Gasteiger charge is 2.15. The first-order chi connectivity index (χ1) is 14.2. The molecule has 1 amide bonds. The van der Waals surface area contributed by atoms with E-state index in [1.807, 2.05) is 79.7 Å². The summed E-state index contributed by atoms with van der Waals surface area (Å²) in [5, 5.41) is 6.89. The van der Waals surface area contributed by atoms with Gasteiger partial charge in [0.25, 0.3) is 11.8 Å². The maximum Gasteiger partial charge on any atom is 0.262 e. The van der Waals surface area contributed by atoms with Gasteiger partial charge in [0.15, 0.2) is 6.61 Å². The highest BCUT2D eigenvalue weighted by atomic mass is 16.5. The molecule has 0 aliphatic rings. The van der Waals surface area contributed by atoms with Crippen molar-refractivity contribution in [2.45, 2.75) is 6.92 Å². The number of aromatic nitrogens is 2. The molecule has 3 aromatic carbocycles. The van der Waals surface area contributed by atoms with Crippen LogP contribution in [0.25, 0.3) is 22.8 Å². The molecule has 0 aliphatic heterocycles. The molecule has 29 heavy (non-hydrogen) atoms. The van der Waals surface area contributed by atoms with Crippen molar-refractivity contribution in [3.05, 3.63) is 84.4 Å². The summed E-state index contributed by atoms with van der Waals surface area (Å²) < 4.78 is 11.0. The number of para-hydroxylation sites is 1. The number of ether oxygens (including phenoxy) is 1. The molecule has 4 aromatic rings. The summed E-state index contributed by atoms with van der Waals surface area (Å²) in [5.41, 5.74) is 3.15. The molecule has 0 radical (unpaired) electrons. The normalized spacial score (nSPS) is 10.5. The molecule has 0 atom stereocenters. The first-order valence-electron chi connectivity index (χ1n) is 9.17. The van der Waals surface area contributed by atoms with Gasteiger partial charge in [0.05, 0.1) is 11.3 Å². The molecule has 0 spiro atoms. The number of aryl methyl sites for hydroxylation is 1. The van der Waals surface area contributed by atoms with Crippen LogP contribution in [0.3, 0.4) is 0 Å². The smallest absolute Gasteiger partial charge is 0.262 e. The van der Waals surface area contributed by atoms with Crippen LogP contribution in [0, 0.1) is 6.92 Å². The van der Waals surface area contributed by atoms with Crippen LogP contribution in [0.5, 0.6) is 5.75 Å². The first-order valence-corrected chi connectivity index (χ1v) is 9.17. The number of nitrogens with zero attached hydrogens (tertiary/aromatic N) is 2. The molecule has 0 saturated heterocycles. The van der Waals surface area contributed by atoms with E-state index in [1.165, 1.54) is 0 Å². The second-order valence-corrected chi connectivity index (χ2v) is 6.49. The summed E-state index contributed by atoms with van der Waals surface area (Å²) in [5.74, 6) is 1.20. The summed E-state index contributed by atoms with van der Waals surface area (Å²) in [6.07, 6.45) is 0. The van der Waals surface area contributed by atoms with Gasteiger partial charge in [-0.05, 0) is 36.8 Å². The highest BCUT2D eigenvalue weighted by Crippen LogP contribution is 2.28. The number of carbonyl (C=O) groups is 1. The molecule has 6 nitrogen and oxygen atoms in total. The minimum Gasteiger partial charge on any atom is -0.484 e. The molecule has 1 heterocycles. The zero-order chi connectivity index (χ0) is 20.1. The van der Waals surface area contributed by atoms with E-state index in [1.54, 1.807) is 6.07 Å². The molecule has 0 aliphatic carbocycles. The van der Waals surface area contributed by atoms with E-state index >= 15 is 0 Å². The number of amides is 1. The Kier molecular flexibility index (Phi) is 5.33. The van der Waals surface area contributed by atoms with E-state index < -0.39 is 0 Å². The molecule has 4 rings (SSSR count). The van der Waals surface area contributed by atoms with Gasteiger partial charge in [0, 0.05) is 5.56 Å². The SMILES string of the molecule is Cc1cccc(OCC(=O)Nc2ccccc2-c2nc(-c3ccccc3)no2)c1. The molecule has 0 fully saturated rings. The third kappa shape index (κ3) is 4.50. The maximum absolute atomic E-state index is 12.4. The number of anilines is 1. The Labute approximate surface area is 168 Å². The van der Waals surface area contributed by atoms with Crippen LogP contribution in [0.15, 0.2) is 83.4 Å². The second-order valence-electron chi connectivity index (χ2n) is 6.49. The Bertz CT molecular complexity index is 1120. The lowest BCUT2D eigenvalue weighted by Crippen LogP contribution is -2.20. The summed E-state index contributed by atoms with van der Waals surface area (Å²) in [6.45, 7) is 1.87. The molecule has 0 bridgehead atoms. The maximum atomic E-state index is 12.4. The fourth-order valence-corrected chi connectivity index (χ4v) is 2.86. The predicted octanol–water partition coefficient (Wildman–Crippen LogP) is 4.73. The van der Waals surface area contributed by atoms with Crippen molar-refractivity contribution in [2.24, 2.45) is 0 Å². The van der Waals surface area contributed by atoms with E-state index in [2.05, 4.69) is 15.5 Å². The van der Waals surface area contributed by atoms with Gasteiger partial charge >= 0.3 is 0 Å². The van der Waals surface area contributed by atoms with Crippen LogP contribution in [0.1, 0.15) is 5.56 Å². The summed E-state index contributed by atoms with van der Waals surface area (Å²) in [4.78, 5) is 16.8. The molecule has 144 valence electrons. The largest absolute Gasteiger partial charge is 0.484 e. The highest BCUT2D eigenvalue weighted by molar-refractivity contribution is 5.95. The van der Waals surface area contributed by atoms with Crippen molar-refractivity contribution in [2.75, 3.05) is 11.9 Å². The lowest BCUT2D eigenvalue weighted by molar-refractivity contribution is -0.118. The van der Waals surface area contributed by atoms with E-state index in [0.29, 0.717) is 28.7 Å². The molecule has 6 heteroatoms. The Morgan fingerprint density at radius 3 is 2.62 bits per heavy atom. The third-order valence-electron chi connectivity index (χ3n) is 4.25. The number of benzene rings is 3. The fourth-order valence-electron chi connectivity index (χ4n) is 2.86. The Balaban J connectivity index is 1.48. The quantitative estimate of drug-likeness (QED) is 0.519. The van der Waals surface area contributed by atoms with Crippen LogP contribution < -0.4 is 10.1 Å². The first kappa shape index (κ1) is 18.4. The van der Waals surface area contributed by atoms with Gasteiger partial charge in [-0.15, -0.1) is 0 Å². The third-order valence-corrected chi connectivity index (χ3v) is 4.25. The fraction of sp³-hybridized carbons (Fsp3) is 0.0870. The Hall–Kier alpha value is -3.93. The van der Waals surface area contributed by atoms with Gasteiger partial charge < -0.3 is 14.6 Å². The van der Waals surface area contributed by atoms with Crippen molar-refractivity contribution in [3.63, 3.8) is 0 Å². The number of carbonyl (C=O) groups excluding carboxylic acids is 1. The van der Waals surface area contributed by atoms with E-state index in [9.17, 15) is 4.79 Å². The number of rotatable bonds is 6. The minimum absolute atomic E-state index is 0.100. The summed E-state index contributed by atoms with van der Waals surface area (Å²) in [6, 6.07) is 24.4. The average molecular weight is 385 g/mol. The number of hydrogen-bond donors (Lipinski definition) is 1. The molecular weight excluding hydrogens is 366 g/mol. The molecule has 1 aromatic heterocycles. The molecule has 0 saturated carbocycles. The number of hydrogen-bond acceptors (Lipinski definition) is 5. The Morgan fingerprint density at radius 1 is 1.00 bits per heavy atom. The van der Waals surface area contributed by atoms with Gasteiger partial charge in [-0.3, -0.25) is 4.79 Å². The van der Waals surface area contributed by atoms with Crippen molar-refractivity contribution in [1.29, 1.82) is 0 Å². The van der Waals surface area contributed by atoms with Crippen LogP contribution in [0.4, 0.5) is 5.69 Å². The van der Waals surface area contributed by atoms with E-state index in [0.717, 1.165) is 11.1 Å². The zero-order valence-corrected chi connectivity index (χ0v) is 15.8. The van der Waals surface area contributed by atoms with E-state index in [-0.39, 0.29) is 12.5 Å². The van der Waals surface area contributed by atoms with Crippen molar-refractivity contribution in [1.82, 2.24) is 10.1 Å². The van der Waals surface area contributed by atoms with E-state index in [4.69, 9.17) is 9.26 Å². The predicted molar refractivity (Wildman–Crippen MR) is 110 cm³/mol. The minimum atomic E-state index is -0.276. The van der Waals surface area contributed by atoms with Crippen molar-refractivity contribution in [3.8, 4) is 28.6 Å². The standard InChI is InChI=1S/C23H19N3O3/c1-16-8-7-11-18(14-16)28-15-21(27)24-20-13-6-5-12-19(20)23-25-22(26-29-23)17-9-3-2-4-10-17/h2-14H,15H2,1H3,(H,24,27). The van der Waals surface area contributed by atoms with Gasteiger partial charge in [-0.25, -0.2) is 0 Å². The van der Waals surface area contributed by atoms with Crippen molar-refractivity contribution >= 4 is 11.6 Å². The average Bonchev–Trinajstić information content (AvgIpc) is 3.23. The molecule has 0 unspecified atom stereocenters. The van der Waals surface area contributed by atoms with Crippen LogP contribution in [-0.2, 0) is 4.79 Å². The van der Waals surface area contributed by atoms with Crippen LogP contribution in [-0.4, -0.2) is 22.7 Å². The molecular formula is C23H19N3O3. The Morgan fingerprint density at radius 2 is 1.79 bits per heavy atom. The van der Waals surface area contributed by atoms with Crippen LogP contribution >= 0.6 is 0 Å². The second kappa shape index (κ2) is 8.39. The van der Waals surface area contributed by atoms with Crippen molar-refractivity contribution < 1.29 is 14.1 Å².